The highest BCUT2D eigenvalue weighted by Crippen LogP contribution is 2.38. The Morgan fingerprint density at radius 3 is 2.58 bits per heavy atom. The first kappa shape index (κ1) is 18.9. The van der Waals surface area contributed by atoms with Crippen molar-refractivity contribution in [2.24, 2.45) is 0 Å². The standard InChI is InChI=1S/C19H22BrNO5/c1-21(18-5-4-8-25-18)11-12-6-7-15(26-19(12)22)13-9-16(23-2)17(24-3)10-14(13)20/h6-7,9-10,18H,4-5,8,11H2,1-3H3. The third-order valence-corrected chi connectivity index (χ3v) is 5.11. The molecular formula is C19H22BrNO5. The van der Waals surface area contributed by atoms with Crippen molar-refractivity contribution in [2.75, 3.05) is 27.9 Å². The number of ether oxygens (including phenoxy) is 3. The van der Waals surface area contributed by atoms with Crippen LogP contribution in [0.4, 0.5) is 0 Å². The minimum Gasteiger partial charge on any atom is -0.493 e. The summed E-state index contributed by atoms with van der Waals surface area (Å²) in [5.41, 5.74) is 0.969. The van der Waals surface area contributed by atoms with Gasteiger partial charge in [0.1, 0.15) is 12.0 Å². The molecule has 1 aliphatic heterocycles. The normalized spacial score (nSPS) is 16.9. The molecule has 1 saturated heterocycles. The van der Waals surface area contributed by atoms with Gasteiger partial charge in [-0.3, -0.25) is 4.90 Å². The first-order valence-electron chi connectivity index (χ1n) is 8.40. The molecule has 2 aromatic rings. The maximum Gasteiger partial charge on any atom is 0.340 e. The lowest BCUT2D eigenvalue weighted by molar-refractivity contribution is -0.00956. The third kappa shape index (κ3) is 3.95. The van der Waals surface area contributed by atoms with Crippen LogP contribution in [0, 0.1) is 0 Å². The summed E-state index contributed by atoms with van der Waals surface area (Å²) in [6, 6.07) is 7.16. The first-order valence-corrected chi connectivity index (χ1v) is 9.19. The van der Waals surface area contributed by atoms with E-state index in [4.69, 9.17) is 18.6 Å². The summed E-state index contributed by atoms with van der Waals surface area (Å²) in [6.45, 7) is 1.26. The number of methoxy groups -OCH3 is 2. The number of nitrogens with zero attached hydrogens (tertiary/aromatic N) is 1. The van der Waals surface area contributed by atoms with Gasteiger partial charge >= 0.3 is 5.63 Å². The lowest BCUT2D eigenvalue weighted by Crippen LogP contribution is -2.32. The Bertz CT molecular complexity index is 829. The van der Waals surface area contributed by atoms with Gasteiger partial charge in [-0.05, 0) is 60.1 Å². The minimum atomic E-state index is -0.353. The van der Waals surface area contributed by atoms with Gasteiger partial charge in [0.2, 0.25) is 0 Å². The van der Waals surface area contributed by atoms with Crippen LogP contribution in [0.5, 0.6) is 11.5 Å². The van der Waals surface area contributed by atoms with Crippen molar-refractivity contribution in [3.05, 3.63) is 44.7 Å². The van der Waals surface area contributed by atoms with Crippen molar-refractivity contribution >= 4 is 15.9 Å². The van der Waals surface area contributed by atoms with E-state index in [0.29, 0.717) is 29.4 Å². The maximum absolute atomic E-state index is 12.4. The fourth-order valence-electron chi connectivity index (χ4n) is 3.03. The number of benzene rings is 1. The maximum atomic E-state index is 12.4. The Balaban J connectivity index is 1.86. The van der Waals surface area contributed by atoms with Crippen molar-refractivity contribution < 1.29 is 18.6 Å². The van der Waals surface area contributed by atoms with Gasteiger partial charge in [-0.2, -0.15) is 0 Å². The second-order valence-corrected chi connectivity index (χ2v) is 7.04. The SMILES string of the molecule is COc1cc(Br)c(-c2ccc(CN(C)C3CCCO3)c(=O)o2)cc1OC. The zero-order chi connectivity index (χ0) is 18.7. The molecule has 0 saturated carbocycles. The lowest BCUT2D eigenvalue weighted by Gasteiger charge is -2.22. The fourth-order valence-corrected chi connectivity index (χ4v) is 3.55. The van der Waals surface area contributed by atoms with Crippen molar-refractivity contribution in [2.45, 2.75) is 25.6 Å². The van der Waals surface area contributed by atoms with Gasteiger partial charge < -0.3 is 18.6 Å². The Hall–Kier alpha value is -1.83. The van der Waals surface area contributed by atoms with Crippen molar-refractivity contribution in [3.63, 3.8) is 0 Å². The average molecular weight is 424 g/mol. The second kappa shape index (κ2) is 8.24. The highest BCUT2D eigenvalue weighted by Gasteiger charge is 2.21. The predicted molar refractivity (Wildman–Crippen MR) is 102 cm³/mol. The van der Waals surface area contributed by atoms with Crippen LogP contribution in [0.2, 0.25) is 0 Å². The van der Waals surface area contributed by atoms with E-state index in [1.165, 1.54) is 0 Å². The molecule has 0 N–H and O–H groups in total. The second-order valence-electron chi connectivity index (χ2n) is 6.18. The number of halogens is 1. The molecule has 2 heterocycles. The van der Waals surface area contributed by atoms with Gasteiger partial charge in [0.15, 0.2) is 11.5 Å². The molecule has 1 fully saturated rings. The van der Waals surface area contributed by atoms with E-state index in [-0.39, 0.29) is 11.9 Å². The van der Waals surface area contributed by atoms with E-state index in [2.05, 4.69) is 15.9 Å². The van der Waals surface area contributed by atoms with Crippen molar-refractivity contribution in [1.82, 2.24) is 4.90 Å². The monoisotopic (exact) mass is 423 g/mol. The van der Waals surface area contributed by atoms with Crippen molar-refractivity contribution in [3.8, 4) is 22.8 Å². The Morgan fingerprint density at radius 2 is 1.96 bits per heavy atom. The van der Waals surface area contributed by atoms with Crippen LogP contribution in [0.3, 0.4) is 0 Å². The molecule has 0 bridgehead atoms. The highest BCUT2D eigenvalue weighted by atomic mass is 79.9. The molecule has 0 radical (unpaired) electrons. The Kier molecular flexibility index (Phi) is 6.01. The molecule has 1 unspecified atom stereocenters. The Labute approximate surface area is 160 Å². The topological polar surface area (TPSA) is 61.1 Å². The molecular weight excluding hydrogens is 402 g/mol. The Morgan fingerprint density at radius 1 is 1.23 bits per heavy atom. The summed E-state index contributed by atoms with van der Waals surface area (Å²) in [4.78, 5) is 14.5. The van der Waals surface area contributed by atoms with E-state index in [0.717, 1.165) is 29.5 Å². The smallest absolute Gasteiger partial charge is 0.340 e. The molecule has 140 valence electrons. The van der Waals surface area contributed by atoms with Gasteiger partial charge in [0.05, 0.1) is 19.8 Å². The average Bonchev–Trinajstić information content (AvgIpc) is 3.18. The predicted octanol–water partition coefficient (Wildman–Crippen LogP) is 3.65. The van der Waals surface area contributed by atoms with Crippen LogP contribution in [-0.4, -0.2) is 39.0 Å². The number of rotatable bonds is 6. The number of hydrogen-bond acceptors (Lipinski definition) is 6. The minimum absolute atomic E-state index is 0.0640. The molecule has 1 aliphatic rings. The van der Waals surface area contributed by atoms with Gasteiger partial charge in [-0.25, -0.2) is 4.79 Å². The summed E-state index contributed by atoms with van der Waals surface area (Å²) in [7, 11) is 5.09. The van der Waals surface area contributed by atoms with Crippen LogP contribution in [0.25, 0.3) is 11.3 Å². The quantitative estimate of drug-likeness (QED) is 0.706. The van der Waals surface area contributed by atoms with Gasteiger partial charge in [0.25, 0.3) is 0 Å². The lowest BCUT2D eigenvalue weighted by atomic mass is 10.1. The summed E-state index contributed by atoms with van der Waals surface area (Å²) >= 11 is 3.49. The molecule has 0 spiro atoms. The summed E-state index contributed by atoms with van der Waals surface area (Å²) in [5.74, 6) is 1.63. The highest BCUT2D eigenvalue weighted by molar-refractivity contribution is 9.10. The van der Waals surface area contributed by atoms with E-state index in [9.17, 15) is 4.79 Å². The molecule has 0 amide bonds. The molecule has 1 aromatic heterocycles. The molecule has 3 rings (SSSR count). The molecule has 0 aliphatic carbocycles. The first-order chi connectivity index (χ1) is 12.5. The van der Waals surface area contributed by atoms with Crippen LogP contribution in [-0.2, 0) is 11.3 Å². The van der Waals surface area contributed by atoms with E-state index in [1.54, 1.807) is 38.5 Å². The molecule has 1 atom stereocenters. The largest absolute Gasteiger partial charge is 0.493 e. The number of hydrogen-bond donors (Lipinski definition) is 0. The van der Waals surface area contributed by atoms with Crippen LogP contribution in [0.1, 0.15) is 18.4 Å². The van der Waals surface area contributed by atoms with Crippen LogP contribution in [0.15, 0.2) is 37.9 Å². The van der Waals surface area contributed by atoms with Gasteiger partial charge in [-0.1, -0.05) is 0 Å². The molecule has 6 nitrogen and oxygen atoms in total. The zero-order valence-corrected chi connectivity index (χ0v) is 16.7. The summed E-state index contributed by atoms with van der Waals surface area (Å²) < 4.78 is 22.6. The van der Waals surface area contributed by atoms with E-state index in [1.807, 2.05) is 11.9 Å². The van der Waals surface area contributed by atoms with Crippen molar-refractivity contribution in [1.29, 1.82) is 0 Å². The van der Waals surface area contributed by atoms with E-state index >= 15 is 0 Å². The fraction of sp³-hybridized carbons (Fsp3) is 0.421. The van der Waals surface area contributed by atoms with Crippen LogP contribution < -0.4 is 15.1 Å². The molecule has 1 aromatic carbocycles. The zero-order valence-electron chi connectivity index (χ0n) is 15.1. The molecule has 26 heavy (non-hydrogen) atoms. The third-order valence-electron chi connectivity index (χ3n) is 4.46. The van der Waals surface area contributed by atoms with Gasteiger partial charge in [-0.15, -0.1) is 0 Å². The van der Waals surface area contributed by atoms with E-state index < -0.39 is 0 Å². The molecule has 7 heteroatoms. The summed E-state index contributed by atoms with van der Waals surface area (Å²) in [6.07, 6.45) is 2.10. The summed E-state index contributed by atoms with van der Waals surface area (Å²) in [5, 5.41) is 0. The van der Waals surface area contributed by atoms with Gasteiger partial charge in [0, 0.05) is 23.2 Å². The van der Waals surface area contributed by atoms with Crippen LogP contribution >= 0.6 is 15.9 Å².